The molecule has 0 saturated carbocycles. The number of fused-ring (bicyclic) bond motifs is 1. The minimum Gasteiger partial charge on any atom is -0.506 e. The maximum absolute atomic E-state index is 13.7. The predicted octanol–water partition coefficient (Wildman–Crippen LogP) is 7.17. The number of furan rings is 1. The fourth-order valence-electron chi connectivity index (χ4n) is 3.83. The predicted molar refractivity (Wildman–Crippen MR) is 133 cm³/mol. The first-order valence-corrected chi connectivity index (χ1v) is 11.3. The molecule has 1 heterocycles. The third-order valence-electron chi connectivity index (χ3n) is 5.01. The van der Waals surface area contributed by atoms with Gasteiger partial charge >= 0.3 is 0 Å². The largest absolute Gasteiger partial charge is 0.506 e. The van der Waals surface area contributed by atoms with Crippen molar-refractivity contribution < 1.29 is 14.3 Å². The molecule has 0 saturated heterocycles. The second kappa shape index (κ2) is 7.75. The van der Waals surface area contributed by atoms with Gasteiger partial charge in [0.05, 0.1) is 12.7 Å². The third-order valence-corrected chi connectivity index (χ3v) is 6.65. The van der Waals surface area contributed by atoms with Crippen molar-refractivity contribution in [3.8, 4) is 17.1 Å². The van der Waals surface area contributed by atoms with Crippen LogP contribution in [0.25, 0.3) is 22.3 Å². The van der Waals surface area contributed by atoms with Gasteiger partial charge in [-0.1, -0.05) is 35.9 Å². The molecule has 3 aromatic carbocycles. The monoisotopic (exact) mass is 608 g/mol. The van der Waals surface area contributed by atoms with Gasteiger partial charge in [0.15, 0.2) is 5.78 Å². The number of para-hydroxylation sites is 1. The van der Waals surface area contributed by atoms with Crippen LogP contribution < -0.4 is 0 Å². The van der Waals surface area contributed by atoms with Crippen molar-refractivity contribution >= 4 is 61.9 Å². The Kier molecular flexibility index (Phi) is 5.46. The molecule has 0 radical (unpaired) electrons. The fourth-order valence-corrected chi connectivity index (χ4v) is 5.59. The van der Waals surface area contributed by atoms with Crippen molar-refractivity contribution in [1.82, 2.24) is 0 Å². The molecule has 29 heavy (non-hydrogen) atoms. The zero-order valence-electron chi connectivity index (χ0n) is 16.1. The van der Waals surface area contributed by atoms with Crippen LogP contribution in [0, 0.1) is 27.9 Å². The number of aromatic hydroxyl groups is 1. The molecule has 5 heteroatoms. The molecule has 146 valence electrons. The number of halogens is 2. The van der Waals surface area contributed by atoms with Gasteiger partial charge in [-0.05, 0) is 95.3 Å². The zero-order valence-corrected chi connectivity index (χ0v) is 20.5. The van der Waals surface area contributed by atoms with E-state index in [1.807, 2.05) is 83.3 Å². The molecule has 0 aliphatic carbocycles. The van der Waals surface area contributed by atoms with Crippen molar-refractivity contribution in [1.29, 1.82) is 0 Å². The van der Waals surface area contributed by atoms with Crippen LogP contribution in [0.3, 0.4) is 0 Å². The maximum Gasteiger partial charge on any atom is 0.197 e. The van der Waals surface area contributed by atoms with E-state index >= 15 is 0 Å². The van der Waals surface area contributed by atoms with Crippen LogP contribution in [0.4, 0.5) is 0 Å². The van der Waals surface area contributed by atoms with E-state index in [1.165, 1.54) is 5.56 Å². The van der Waals surface area contributed by atoms with E-state index < -0.39 is 0 Å². The van der Waals surface area contributed by atoms with Crippen molar-refractivity contribution in [3.63, 3.8) is 0 Å². The summed E-state index contributed by atoms with van der Waals surface area (Å²) in [6.07, 6.45) is 0. The number of phenolic OH excluding ortho intramolecular Hbond substituents is 1. The molecule has 0 amide bonds. The highest BCUT2D eigenvalue weighted by atomic mass is 127. The normalized spacial score (nSPS) is 11.2. The standard InChI is InChI=1S/C24H18I2O3/c1-12-8-13(2)20(14(3)9-12)24-21(16-6-4-5-7-19(16)29-24)22(27)15-10-17(25)23(28)18(26)11-15/h4-11,28H,1-3H3. The molecule has 1 aromatic heterocycles. The molecule has 0 atom stereocenters. The van der Waals surface area contributed by atoms with E-state index in [2.05, 4.69) is 19.1 Å². The van der Waals surface area contributed by atoms with Crippen molar-refractivity contribution in [3.05, 3.63) is 83.5 Å². The first-order valence-electron chi connectivity index (χ1n) is 9.10. The van der Waals surface area contributed by atoms with Gasteiger partial charge in [-0.25, -0.2) is 0 Å². The fraction of sp³-hybridized carbons (Fsp3) is 0.125. The highest BCUT2D eigenvalue weighted by molar-refractivity contribution is 14.1. The average molecular weight is 608 g/mol. The molecule has 4 aromatic rings. The Morgan fingerprint density at radius 1 is 0.931 bits per heavy atom. The second-order valence-electron chi connectivity index (χ2n) is 7.19. The van der Waals surface area contributed by atoms with Crippen LogP contribution in [0.2, 0.25) is 0 Å². The second-order valence-corrected chi connectivity index (χ2v) is 9.52. The van der Waals surface area contributed by atoms with Crippen molar-refractivity contribution in [2.45, 2.75) is 20.8 Å². The number of phenols is 1. The summed E-state index contributed by atoms with van der Waals surface area (Å²) in [5.41, 5.74) is 6.07. The van der Waals surface area contributed by atoms with Crippen molar-refractivity contribution in [2.75, 3.05) is 0 Å². The summed E-state index contributed by atoms with van der Waals surface area (Å²) < 4.78 is 7.54. The Hall–Kier alpha value is -1.87. The quantitative estimate of drug-likeness (QED) is 0.198. The molecule has 0 aliphatic rings. The van der Waals surface area contributed by atoms with Gasteiger partial charge in [0.1, 0.15) is 17.1 Å². The van der Waals surface area contributed by atoms with Gasteiger partial charge in [-0.2, -0.15) is 0 Å². The topological polar surface area (TPSA) is 50.4 Å². The summed E-state index contributed by atoms with van der Waals surface area (Å²) in [4.78, 5) is 13.7. The minimum atomic E-state index is -0.111. The van der Waals surface area contributed by atoms with Crippen LogP contribution in [0.15, 0.2) is 52.9 Å². The summed E-state index contributed by atoms with van der Waals surface area (Å²) in [6, 6.07) is 15.3. The molecule has 0 spiro atoms. The van der Waals surface area contributed by atoms with Gasteiger partial charge in [0.25, 0.3) is 0 Å². The number of ketones is 1. The lowest BCUT2D eigenvalue weighted by Gasteiger charge is -2.11. The summed E-state index contributed by atoms with van der Waals surface area (Å²) in [5, 5.41) is 10.9. The minimum absolute atomic E-state index is 0.111. The molecule has 4 rings (SSSR count). The Morgan fingerprint density at radius 2 is 1.52 bits per heavy atom. The molecular formula is C24H18I2O3. The summed E-state index contributed by atoms with van der Waals surface area (Å²) in [6.45, 7) is 6.15. The number of aryl methyl sites for hydroxylation is 3. The van der Waals surface area contributed by atoms with Crippen LogP contribution in [-0.2, 0) is 0 Å². The number of hydrogen-bond donors (Lipinski definition) is 1. The Morgan fingerprint density at radius 3 is 2.14 bits per heavy atom. The van der Waals surface area contributed by atoms with Crippen LogP contribution in [-0.4, -0.2) is 10.9 Å². The number of carbonyl (C=O) groups is 1. The lowest BCUT2D eigenvalue weighted by molar-refractivity contribution is 0.104. The maximum atomic E-state index is 13.7. The van der Waals surface area contributed by atoms with E-state index in [-0.39, 0.29) is 11.5 Å². The van der Waals surface area contributed by atoms with Crippen LogP contribution in [0.5, 0.6) is 5.75 Å². The number of hydrogen-bond acceptors (Lipinski definition) is 3. The van der Waals surface area contributed by atoms with Gasteiger partial charge in [-0.15, -0.1) is 0 Å². The summed E-state index contributed by atoms with van der Waals surface area (Å²) in [5.74, 6) is 0.690. The van der Waals surface area contributed by atoms with E-state index in [9.17, 15) is 9.90 Å². The molecule has 0 bridgehead atoms. The molecule has 1 N–H and O–H groups in total. The SMILES string of the molecule is Cc1cc(C)c(-c2oc3ccccc3c2C(=O)c2cc(I)c(O)c(I)c2)c(C)c1. The molecule has 0 unspecified atom stereocenters. The first kappa shape index (κ1) is 20.4. The zero-order chi connectivity index (χ0) is 20.9. The van der Waals surface area contributed by atoms with Gasteiger partial charge < -0.3 is 9.52 Å². The number of benzene rings is 3. The van der Waals surface area contributed by atoms with Gasteiger partial charge in [0, 0.05) is 16.5 Å². The first-order chi connectivity index (χ1) is 13.8. The summed E-state index contributed by atoms with van der Waals surface area (Å²) in [7, 11) is 0. The molecule has 0 fully saturated rings. The lowest BCUT2D eigenvalue weighted by Crippen LogP contribution is -2.04. The molecular weight excluding hydrogens is 590 g/mol. The van der Waals surface area contributed by atoms with Gasteiger partial charge in [0.2, 0.25) is 0 Å². The smallest absolute Gasteiger partial charge is 0.197 e. The number of rotatable bonds is 3. The Bertz CT molecular complexity index is 1240. The average Bonchev–Trinajstić information content (AvgIpc) is 3.03. The Labute approximate surface area is 196 Å². The van der Waals surface area contributed by atoms with E-state index in [0.29, 0.717) is 29.6 Å². The van der Waals surface area contributed by atoms with E-state index in [1.54, 1.807) is 12.1 Å². The van der Waals surface area contributed by atoms with E-state index in [4.69, 9.17) is 4.42 Å². The Balaban J connectivity index is 2.03. The third kappa shape index (κ3) is 3.59. The van der Waals surface area contributed by atoms with Crippen LogP contribution in [0.1, 0.15) is 32.6 Å². The summed E-state index contributed by atoms with van der Waals surface area (Å²) >= 11 is 4.10. The highest BCUT2D eigenvalue weighted by Gasteiger charge is 2.26. The van der Waals surface area contributed by atoms with E-state index in [0.717, 1.165) is 22.1 Å². The highest BCUT2D eigenvalue weighted by Crippen LogP contribution is 2.39. The number of carbonyl (C=O) groups excluding carboxylic acids is 1. The lowest BCUT2D eigenvalue weighted by atomic mass is 9.92. The molecule has 3 nitrogen and oxygen atoms in total. The van der Waals surface area contributed by atoms with Gasteiger partial charge in [-0.3, -0.25) is 4.79 Å². The molecule has 0 aliphatic heterocycles. The van der Waals surface area contributed by atoms with Crippen LogP contribution >= 0.6 is 45.2 Å². The van der Waals surface area contributed by atoms with Crippen molar-refractivity contribution in [2.24, 2.45) is 0 Å².